The van der Waals surface area contributed by atoms with E-state index in [9.17, 15) is 14.3 Å². The van der Waals surface area contributed by atoms with E-state index in [1.54, 1.807) is 17.5 Å². The van der Waals surface area contributed by atoms with Gasteiger partial charge in [-0.1, -0.05) is 12.1 Å². The average molecular weight is 299 g/mol. The molecule has 100 valence electrons. The lowest BCUT2D eigenvalue weighted by Gasteiger charge is -2.08. The van der Waals surface area contributed by atoms with Gasteiger partial charge in [0.1, 0.15) is 0 Å². The Balaban J connectivity index is 2.35. The predicted molar refractivity (Wildman–Crippen MR) is 73.4 cm³/mol. The molecule has 1 N–H and O–H groups in total. The number of benzene rings is 1. The van der Waals surface area contributed by atoms with Crippen molar-refractivity contribution in [3.63, 3.8) is 0 Å². The van der Waals surface area contributed by atoms with Crippen molar-refractivity contribution in [1.82, 2.24) is 4.98 Å². The Hall–Kier alpha value is -1.84. The fraction of sp³-hybridized carbons (Fsp3) is 0.100. The lowest BCUT2D eigenvalue weighted by molar-refractivity contribution is -0.384. The van der Waals surface area contributed by atoms with Gasteiger partial charge in [-0.25, -0.2) is 13.5 Å². The molecule has 0 radical (unpaired) electrons. The summed E-state index contributed by atoms with van der Waals surface area (Å²) in [6.07, 6.45) is 0. The summed E-state index contributed by atoms with van der Waals surface area (Å²) >= 11 is -0.956. The third-order valence-electron chi connectivity index (χ3n) is 2.35. The highest BCUT2D eigenvalue weighted by Crippen LogP contribution is 2.29. The zero-order valence-corrected chi connectivity index (χ0v) is 11.3. The Morgan fingerprint density at radius 2 is 2.26 bits per heavy atom. The van der Waals surface area contributed by atoms with Crippen molar-refractivity contribution >= 4 is 33.4 Å². The minimum atomic E-state index is -2.14. The van der Waals surface area contributed by atoms with E-state index in [2.05, 4.69) is 4.98 Å². The topological polar surface area (TPSA) is 96.6 Å². The summed E-state index contributed by atoms with van der Waals surface area (Å²) in [6.45, 7) is 0. The second kappa shape index (κ2) is 5.43. The third-order valence-corrected chi connectivity index (χ3v) is 4.02. The van der Waals surface area contributed by atoms with Gasteiger partial charge in [-0.15, -0.1) is 11.3 Å². The minimum Gasteiger partial charge on any atom is -0.289 e. The summed E-state index contributed by atoms with van der Waals surface area (Å²) in [5.74, 6) is 0. The largest absolute Gasteiger partial charge is 0.289 e. The number of aromatic nitrogens is 1. The average Bonchev–Trinajstić information content (AvgIpc) is 2.87. The summed E-state index contributed by atoms with van der Waals surface area (Å²) in [5.41, 5.74) is 1.10. The van der Waals surface area contributed by atoms with E-state index in [1.807, 2.05) is 0 Å². The first-order valence-corrected chi connectivity index (χ1v) is 6.98. The van der Waals surface area contributed by atoms with E-state index in [1.165, 1.54) is 30.5 Å². The third kappa shape index (κ3) is 2.95. The highest BCUT2D eigenvalue weighted by atomic mass is 32.2. The maximum Gasteiger partial charge on any atom is 0.270 e. The standard InChI is InChI=1S/C10H9N3O4S2/c1-12(19(16)17)10-11-9(6-18-10)7-3-2-4-8(5-7)13(14)15/h2-6H,1H3,(H,16,17). The number of anilines is 1. The van der Waals surface area contributed by atoms with Crippen molar-refractivity contribution in [2.45, 2.75) is 0 Å². The van der Waals surface area contributed by atoms with Gasteiger partial charge in [-0.3, -0.25) is 14.7 Å². The van der Waals surface area contributed by atoms with Crippen LogP contribution >= 0.6 is 11.3 Å². The normalized spacial score (nSPS) is 12.1. The first-order chi connectivity index (χ1) is 8.99. The van der Waals surface area contributed by atoms with Gasteiger partial charge in [-0.2, -0.15) is 0 Å². The van der Waals surface area contributed by atoms with Crippen LogP contribution in [0, 0.1) is 10.1 Å². The smallest absolute Gasteiger partial charge is 0.270 e. The van der Waals surface area contributed by atoms with Crippen LogP contribution in [0.15, 0.2) is 29.6 Å². The molecule has 0 saturated carbocycles. The molecule has 9 heteroatoms. The van der Waals surface area contributed by atoms with Gasteiger partial charge < -0.3 is 0 Å². The number of rotatable bonds is 4. The van der Waals surface area contributed by atoms with Gasteiger partial charge in [0.05, 0.1) is 10.6 Å². The highest BCUT2D eigenvalue weighted by Gasteiger charge is 2.13. The lowest BCUT2D eigenvalue weighted by Crippen LogP contribution is -2.18. The summed E-state index contributed by atoms with van der Waals surface area (Å²) in [5, 5.41) is 12.7. The van der Waals surface area contributed by atoms with Crippen molar-refractivity contribution in [1.29, 1.82) is 0 Å². The van der Waals surface area contributed by atoms with E-state index >= 15 is 0 Å². The van der Waals surface area contributed by atoms with Crippen LogP contribution in [0.3, 0.4) is 0 Å². The van der Waals surface area contributed by atoms with Crippen molar-refractivity contribution in [2.75, 3.05) is 11.4 Å². The van der Waals surface area contributed by atoms with Crippen LogP contribution in [0.5, 0.6) is 0 Å². The van der Waals surface area contributed by atoms with Crippen molar-refractivity contribution in [2.24, 2.45) is 0 Å². The van der Waals surface area contributed by atoms with Gasteiger partial charge in [0.2, 0.25) is 0 Å². The van der Waals surface area contributed by atoms with Crippen LogP contribution in [0.4, 0.5) is 10.8 Å². The van der Waals surface area contributed by atoms with E-state index in [0.717, 1.165) is 4.31 Å². The molecule has 0 aliphatic carbocycles. The summed E-state index contributed by atoms with van der Waals surface area (Å²) in [4.78, 5) is 14.4. The van der Waals surface area contributed by atoms with Crippen LogP contribution in [0.25, 0.3) is 11.3 Å². The van der Waals surface area contributed by atoms with E-state index in [-0.39, 0.29) is 5.69 Å². The Kier molecular flexibility index (Phi) is 3.88. The first-order valence-electron chi connectivity index (χ1n) is 5.04. The van der Waals surface area contributed by atoms with Crippen LogP contribution in [-0.2, 0) is 11.3 Å². The molecule has 0 amide bonds. The molecule has 0 aliphatic rings. The number of hydrogen-bond acceptors (Lipinski definition) is 5. The monoisotopic (exact) mass is 299 g/mol. The molecule has 0 bridgehead atoms. The maximum atomic E-state index is 10.9. The van der Waals surface area contributed by atoms with Gasteiger partial charge >= 0.3 is 0 Å². The van der Waals surface area contributed by atoms with Crippen LogP contribution in [0.2, 0.25) is 0 Å². The van der Waals surface area contributed by atoms with E-state index < -0.39 is 16.2 Å². The molecular formula is C10H9N3O4S2. The van der Waals surface area contributed by atoms with Gasteiger partial charge in [-0.05, 0) is 0 Å². The number of nitro groups is 1. The molecule has 0 aliphatic heterocycles. The van der Waals surface area contributed by atoms with Crippen molar-refractivity contribution < 1.29 is 13.7 Å². The Labute approximate surface area is 115 Å². The second-order valence-corrected chi connectivity index (χ2v) is 5.40. The molecule has 1 aromatic heterocycles. The Morgan fingerprint density at radius 3 is 2.89 bits per heavy atom. The SMILES string of the molecule is CN(c1nc(-c2cccc([N+](=O)[O-])c2)cs1)S(=O)O. The lowest BCUT2D eigenvalue weighted by atomic mass is 10.1. The Morgan fingerprint density at radius 1 is 1.53 bits per heavy atom. The minimum absolute atomic E-state index is 0.0221. The van der Waals surface area contributed by atoms with Crippen molar-refractivity contribution in [3.05, 3.63) is 39.8 Å². The molecule has 0 fully saturated rings. The van der Waals surface area contributed by atoms with Crippen LogP contribution in [0.1, 0.15) is 0 Å². The molecule has 7 nitrogen and oxygen atoms in total. The van der Waals surface area contributed by atoms with E-state index in [4.69, 9.17) is 4.55 Å². The number of hydrogen-bond donors (Lipinski definition) is 1. The highest BCUT2D eigenvalue weighted by molar-refractivity contribution is 7.81. The van der Waals surface area contributed by atoms with Gasteiger partial charge in [0.25, 0.3) is 17.0 Å². The predicted octanol–water partition coefficient (Wildman–Crippen LogP) is 2.29. The molecule has 2 rings (SSSR count). The summed E-state index contributed by atoms with van der Waals surface area (Å²) < 4.78 is 21.0. The van der Waals surface area contributed by atoms with Crippen LogP contribution in [-0.4, -0.2) is 25.7 Å². The van der Waals surface area contributed by atoms with Gasteiger partial charge in [0, 0.05) is 30.1 Å². The molecule has 1 heterocycles. The quantitative estimate of drug-likeness (QED) is 0.531. The van der Waals surface area contributed by atoms with Crippen molar-refractivity contribution in [3.8, 4) is 11.3 Å². The zero-order valence-electron chi connectivity index (χ0n) is 9.72. The zero-order chi connectivity index (χ0) is 14.0. The molecule has 1 atom stereocenters. The summed E-state index contributed by atoms with van der Waals surface area (Å²) in [7, 11) is 1.44. The van der Waals surface area contributed by atoms with Crippen LogP contribution < -0.4 is 4.31 Å². The fourth-order valence-corrected chi connectivity index (χ4v) is 2.59. The van der Waals surface area contributed by atoms with E-state index in [0.29, 0.717) is 16.4 Å². The second-order valence-electron chi connectivity index (χ2n) is 3.55. The summed E-state index contributed by atoms with van der Waals surface area (Å²) in [6, 6.07) is 6.07. The molecule has 19 heavy (non-hydrogen) atoms. The van der Waals surface area contributed by atoms with Gasteiger partial charge in [0.15, 0.2) is 5.13 Å². The Bertz CT molecular complexity index is 643. The molecule has 1 unspecified atom stereocenters. The first kappa shape index (κ1) is 13.6. The number of thiazole rings is 1. The molecule has 2 aromatic rings. The molecule has 0 saturated heterocycles. The molecular weight excluding hydrogens is 290 g/mol. The number of non-ortho nitro benzene ring substituents is 1. The molecule has 0 spiro atoms. The fourth-order valence-electron chi connectivity index (χ4n) is 1.39. The number of nitro benzene ring substituents is 1. The number of nitrogens with zero attached hydrogens (tertiary/aromatic N) is 3. The molecule has 1 aromatic carbocycles. The maximum absolute atomic E-state index is 10.9.